The lowest BCUT2D eigenvalue weighted by atomic mass is 10.3. The molecule has 0 aliphatic carbocycles. The topological polar surface area (TPSA) is 89.0 Å². The van der Waals surface area contributed by atoms with Crippen LogP contribution in [-0.4, -0.2) is 9.91 Å². The first-order valence-electron chi connectivity index (χ1n) is 5.19. The number of hydrogen-bond donors (Lipinski definition) is 0. The molecule has 1 heterocycles. The predicted octanol–water partition coefficient (Wildman–Crippen LogP) is 4.07. The molecule has 0 N–H and O–H groups in total. The maximum Gasteiger partial charge on any atom is 0.287 e. The van der Waals surface area contributed by atoms with Crippen molar-refractivity contribution < 1.29 is 9.66 Å². The van der Waals surface area contributed by atoms with Crippen molar-refractivity contribution in [3.8, 4) is 17.7 Å². The van der Waals surface area contributed by atoms with Crippen LogP contribution in [0.15, 0.2) is 34.8 Å². The normalized spacial score (nSPS) is 9.85. The SMILES string of the molecule is N#Cc1cc(Cl)nc(Oc2cccc([N+](=O)[O-])c2Br)c1. The molecule has 20 heavy (non-hydrogen) atoms. The molecule has 0 spiro atoms. The zero-order valence-electron chi connectivity index (χ0n) is 9.71. The van der Waals surface area contributed by atoms with Gasteiger partial charge in [0.15, 0.2) is 5.75 Å². The number of pyridine rings is 1. The number of rotatable bonds is 3. The lowest BCUT2D eigenvalue weighted by Crippen LogP contribution is -1.94. The minimum absolute atomic E-state index is 0.0789. The third-order valence-corrected chi connectivity index (χ3v) is 3.24. The highest BCUT2D eigenvalue weighted by Crippen LogP contribution is 2.36. The highest BCUT2D eigenvalue weighted by molar-refractivity contribution is 9.10. The second-order valence-electron chi connectivity index (χ2n) is 3.58. The molecule has 0 amide bonds. The van der Waals surface area contributed by atoms with Crippen LogP contribution < -0.4 is 4.74 Å². The van der Waals surface area contributed by atoms with Gasteiger partial charge < -0.3 is 4.74 Å². The van der Waals surface area contributed by atoms with Crippen LogP contribution >= 0.6 is 27.5 Å². The molecule has 0 saturated heterocycles. The van der Waals surface area contributed by atoms with Gasteiger partial charge in [0.05, 0.1) is 16.6 Å². The molecule has 1 aromatic heterocycles. The van der Waals surface area contributed by atoms with E-state index in [1.54, 1.807) is 0 Å². The Bertz CT molecular complexity index is 730. The molecule has 2 aromatic rings. The Morgan fingerprint density at radius 2 is 2.20 bits per heavy atom. The Labute approximate surface area is 126 Å². The Kier molecular flexibility index (Phi) is 4.17. The van der Waals surface area contributed by atoms with E-state index in [9.17, 15) is 10.1 Å². The Hall–Kier alpha value is -2.17. The average Bonchev–Trinajstić information content (AvgIpc) is 2.40. The van der Waals surface area contributed by atoms with Gasteiger partial charge in [0.25, 0.3) is 5.69 Å². The lowest BCUT2D eigenvalue weighted by molar-refractivity contribution is -0.385. The van der Waals surface area contributed by atoms with Crippen molar-refractivity contribution in [1.29, 1.82) is 5.26 Å². The molecule has 100 valence electrons. The van der Waals surface area contributed by atoms with Gasteiger partial charge in [-0.3, -0.25) is 10.1 Å². The number of hydrogen-bond acceptors (Lipinski definition) is 5. The van der Waals surface area contributed by atoms with Crippen molar-refractivity contribution in [2.45, 2.75) is 0 Å². The fraction of sp³-hybridized carbons (Fsp3) is 0. The van der Waals surface area contributed by atoms with Crippen LogP contribution in [0.1, 0.15) is 5.56 Å². The number of ether oxygens (including phenoxy) is 1. The molecule has 8 heteroatoms. The van der Waals surface area contributed by atoms with Crippen molar-refractivity contribution in [2.24, 2.45) is 0 Å². The molecular weight excluding hydrogens is 350 g/mol. The van der Waals surface area contributed by atoms with E-state index in [4.69, 9.17) is 21.6 Å². The van der Waals surface area contributed by atoms with Gasteiger partial charge in [-0.15, -0.1) is 0 Å². The van der Waals surface area contributed by atoms with Gasteiger partial charge in [-0.2, -0.15) is 5.26 Å². The average molecular weight is 355 g/mol. The van der Waals surface area contributed by atoms with Crippen LogP contribution in [0.25, 0.3) is 0 Å². The Balaban J connectivity index is 2.41. The first-order valence-corrected chi connectivity index (χ1v) is 6.37. The third-order valence-electron chi connectivity index (χ3n) is 2.25. The summed E-state index contributed by atoms with van der Waals surface area (Å²) in [6.45, 7) is 0. The van der Waals surface area contributed by atoms with Gasteiger partial charge in [-0.05, 0) is 28.1 Å². The number of halogens is 2. The fourth-order valence-corrected chi connectivity index (χ4v) is 2.11. The molecule has 0 aliphatic rings. The summed E-state index contributed by atoms with van der Waals surface area (Å²) >= 11 is 8.86. The van der Waals surface area contributed by atoms with Gasteiger partial charge in [-0.25, -0.2) is 4.98 Å². The molecule has 0 radical (unpaired) electrons. The summed E-state index contributed by atoms with van der Waals surface area (Å²) < 4.78 is 5.61. The maximum absolute atomic E-state index is 10.8. The summed E-state index contributed by atoms with van der Waals surface area (Å²) in [7, 11) is 0. The largest absolute Gasteiger partial charge is 0.437 e. The highest BCUT2D eigenvalue weighted by atomic mass is 79.9. The van der Waals surface area contributed by atoms with E-state index in [1.807, 2.05) is 6.07 Å². The molecule has 0 saturated carbocycles. The first kappa shape index (κ1) is 14.2. The van der Waals surface area contributed by atoms with Crippen LogP contribution in [0, 0.1) is 21.4 Å². The zero-order chi connectivity index (χ0) is 14.7. The second kappa shape index (κ2) is 5.86. The Morgan fingerprint density at radius 1 is 1.45 bits per heavy atom. The number of nitro benzene ring substituents is 1. The van der Waals surface area contributed by atoms with Gasteiger partial charge in [0.1, 0.15) is 9.63 Å². The lowest BCUT2D eigenvalue weighted by Gasteiger charge is -2.07. The third kappa shape index (κ3) is 3.04. The fourth-order valence-electron chi connectivity index (χ4n) is 1.42. The van der Waals surface area contributed by atoms with Crippen LogP contribution in [-0.2, 0) is 0 Å². The maximum atomic E-state index is 10.8. The summed E-state index contributed by atoms with van der Waals surface area (Å²) in [4.78, 5) is 14.2. The molecule has 0 aliphatic heterocycles. The number of nitrogens with zero attached hydrogens (tertiary/aromatic N) is 3. The highest BCUT2D eigenvalue weighted by Gasteiger charge is 2.17. The van der Waals surface area contributed by atoms with E-state index in [0.29, 0.717) is 0 Å². The standard InChI is InChI=1S/C12H5BrClN3O3/c13-12-8(17(18)19)2-1-3-9(12)20-11-5-7(6-15)4-10(14)16-11/h1-5H. The first-order chi connectivity index (χ1) is 9.51. The Morgan fingerprint density at radius 3 is 2.85 bits per heavy atom. The molecule has 2 rings (SSSR count). The molecule has 0 fully saturated rings. The van der Waals surface area contributed by atoms with Gasteiger partial charge in [0, 0.05) is 12.1 Å². The van der Waals surface area contributed by atoms with E-state index in [-0.39, 0.29) is 32.5 Å². The molecule has 0 unspecified atom stereocenters. The zero-order valence-corrected chi connectivity index (χ0v) is 12.1. The summed E-state index contributed by atoms with van der Waals surface area (Å²) in [6, 6.07) is 9.04. The van der Waals surface area contributed by atoms with Crippen molar-refractivity contribution >= 4 is 33.2 Å². The predicted molar refractivity (Wildman–Crippen MR) is 74.8 cm³/mol. The van der Waals surface area contributed by atoms with Gasteiger partial charge >= 0.3 is 0 Å². The van der Waals surface area contributed by atoms with E-state index in [0.717, 1.165) is 0 Å². The minimum Gasteiger partial charge on any atom is -0.437 e. The summed E-state index contributed by atoms with van der Waals surface area (Å²) in [5.74, 6) is 0.285. The van der Waals surface area contributed by atoms with Gasteiger partial charge in [-0.1, -0.05) is 17.7 Å². The smallest absolute Gasteiger partial charge is 0.287 e. The van der Waals surface area contributed by atoms with Crippen LogP contribution in [0.3, 0.4) is 0 Å². The number of benzene rings is 1. The van der Waals surface area contributed by atoms with E-state index >= 15 is 0 Å². The summed E-state index contributed by atoms with van der Waals surface area (Å²) in [5.41, 5.74) is 0.145. The molecule has 1 aromatic carbocycles. The van der Waals surface area contributed by atoms with Crippen molar-refractivity contribution in [3.63, 3.8) is 0 Å². The van der Waals surface area contributed by atoms with Crippen molar-refractivity contribution in [2.75, 3.05) is 0 Å². The summed E-state index contributed by atoms with van der Waals surface area (Å²) in [5, 5.41) is 19.8. The van der Waals surface area contributed by atoms with Crippen LogP contribution in [0.4, 0.5) is 5.69 Å². The summed E-state index contributed by atoms with van der Waals surface area (Å²) in [6.07, 6.45) is 0. The van der Waals surface area contributed by atoms with Gasteiger partial charge in [0.2, 0.25) is 5.88 Å². The quantitative estimate of drug-likeness (QED) is 0.471. The number of nitro groups is 1. The van der Waals surface area contributed by atoms with Crippen LogP contribution in [0.2, 0.25) is 5.15 Å². The van der Waals surface area contributed by atoms with E-state index < -0.39 is 4.92 Å². The van der Waals surface area contributed by atoms with Crippen LogP contribution in [0.5, 0.6) is 11.6 Å². The molecule has 0 atom stereocenters. The van der Waals surface area contributed by atoms with E-state index in [2.05, 4.69) is 20.9 Å². The second-order valence-corrected chi connectivity index (χ2v) is 4.76. The van der Waals surface area contributed by atoms with Crippen molar-refractivity contribution in [1.82, 2.24) is 4.98 Å². The van der Waals surface area contributed by atoms with E-state index in [1.165, 1.54) is 30.3 Å². The minimum atomic E-state index is -0.539. The molecule has 0 bridgehead atoms. The monoisotopic (exact) mass is 353 g/mol. The van der Waals surface area contributed by atoms with Crippen molar-refractivity contribution in [3.05, 3.63) is 55.6 Å². The molecule has 6 nitrogen and oxygen atoms in total. The number of nitriles is 1. The number of aromatic nitrogens is 1. The molecular formula is C12H5BrClN3O3.